The van der Waals surface area contributed by atoms with Crippen molar-refractivity contribution in [2.24, 2.45) is 0 Å². The van der Waals surface area contributed by atoms with Gasteiger partial charge in [-0.05, 0) is 36.6 Å². The van der Waals surface area contributed by atoms with Gasteiger partial charge in [-0.15, -0.1) is 0 Å². The first-order chi connectivity index (χ1) is 7.39. The molecule has 0 heterocycles. The summed E-state index contributed by atoms with van der Waals surface area (Å²) in [6, 6.07) is 3.25. The number of halogens is 4. The van der Waals surface area contributed by atoms with E-state index in [1.807, 2.05) is 0 Å². The Kier molecular flexibility index (Phi) is 2.67. The van der Waals surface area contributed by atoms with E-state index in [1.165, 1.54) is 6.07 Å². The topological polar surface area (TPSA) is 20.2 Å². The predicted octanol–water partition coefficient (Wildman–Crippen LogP) is 3.38. The molecule has 0 spiro atoms. The van der Waals surface area contributed by atoms with Crippen LogP contribution in [0.15, 0.2) is 18.2 Å². The second kappa shape index (κ2) is 3.64. The van der Waals surface area contributed by atoms with Gasteiger partial charge in [0, 0.05) is 10.4 Å². The Morgan fingerprint density at radius 3 is 2.38 bits per heavy atom. The third kappa shape index (κ3) is 1.92. The third-order valence-corrected chi connectivity index (χ3v) is 3.35. The Morgan fingerprint density at radius 2 is 1.94 bits per heavy atom. The molecule has 1 nitrogen and oxygen atoms in total. The predicted molar refractivity (Wildman–Crippen MR) is 54.5 cm³/mol. The fourth-order valence-electron chi connectivity index (χ4n) is 1.77. The van der Waals surface area contributed by atoms with Crippen molar-refractivity contribution in [3.8, 4) is 0 Å². The second-order valence-corrected chi connectivity index (χ2v) is 4.54. The van der Waals surface area contributed by atoms with Crippen LogP contribution in [0.25, 0.3) is 0 Å². The van der Waals surface area contributed by atoms with Crippen LogP contribution in [-0.2, 0) is 11.6 Å². The molecule has 0 saturated heterocycles. The van der Waals surface area contributed by atoms with E-state index in [0.717, 1.165) is 12.1 Å². The number of rotatable bonds is 2. The van der Waals surface area contributed by atoms with E-state index in [9.17, 15) is 18.3 Å². The zero-order valence-electron chi connectivity index (χ0n) is 8.31. The van der Waals surface area contributed by atoms with E-state index >= 15 is 0 Å². The van der Waals surface area contributed by atoms with Crippen molar-refractivity contribution in [1.82, 2.24) is 0 Å². The molecule has 0 aliphatic heterocycles. The molecule has 88 valence electrons. The lowest BCUT2D eigenvalue weighted by Gasteiger charge is -2.16. The molecule has 16 heavy (non-hydrogen) atoms. The standard InChI is InChI=1S/C11H10ClF3O/c12-9-2-1-7(11(13,14)15)5-8(9)10(6-16)3-4-10/h1-2,5,16H,3-4,6H2. The zero-order chi connectivity index (χ0) is 12.0. The van der Waals surface area contributed by atoms with Crippen molar-refractivity contribution in [2.45, 2.75) is 24.4 Å². The molecule has 1 aliphatic rings. The van der Waals surface area contributed by atoms with Gasteiger partial charge in [-0.2, -0.15) is 13.2 Å². The number of hydrogen-bond acceptors (Lipinski definition) is 1. The van der Waals surface area contributed by atoms with Crippen molar-refractivity contribution in [3.63, 3.8) is 0 Å². The van der Waals surface area contributed by atoms with Gasteiger partial charge in [0.1, 0.15) is 0 Å². The molecule has 0 radical (unpaired) electrons. The minimum absolute atomic E-state index is 0.159. The summed E-state index contributed by atoms with van der Waals surface area (Å²) < 4.78 is 37.5. The molecule has 0 atom stereocenters. The van der Waals surface area contributed by atoms with Crippen LogP contribution in [0.2, 0.25) is 5.02 Å². The average Bonchev–Trinajstić information content (AvgIpc) is 2.97. The summed E-state index contributed by atoms with van der Waals surface area (Å²) in [7, 11) is 0. The molecular formula is C11H10ClF3O. The van der Waals surface area contributed by atoms with Crippen molar-refractivity contribution >= 4 is 11.6 Å². The van der Waals surface area contributed by atoms with Crippen molar-refractivity contribution < 1.29 is 18.3 Å². The van der Waals surface area contributed by atoms with Crippen molar-refractivity contribution in [3.05, 3.63) is 34.3 Å². The molecule has 1 N–H and O–H groups in total. The Hall–Kier alpha value is -0.740. The van der Waals surface area contributed by atoms with Gasteiger partial charge < -0.3 is 5.11 Å². The first kappa shape index (κ1) is 11.7. The number of alkyl halides is 3. The van der Waals surface area contributed by atoms with Gasteiger partial charge in [-0.25, -0.2) is 0 Å². The van der Waals surface area contributed by atoms with Crippen molar-refractivity contribution in [1.29, 1.82) is 0 Å². The van der Waals surface area contributed by atoms with Crippen LogP contribution in [-0.4, -0.2) is 11.7 Å². The largest absolute Gasteiger partial charge is 0.416 e. The highest BCUT2D eigenvalue weighted by Gasteiger charge is 2.46. The highest BCUT2D eigenvalue weighted by molar-refractivity contribution is 6.31. The molecule has 5 heteroatoms. The number of benzene rings is 1. The van der Waals surface area contributed by atoms with Crippen LogP contribution in [0.5, 0.6) is 0 Å². The molecule has 0 amide bonds. The van der Waals surface area contributed by atoms with E-state index in [4.69, 9.17) is 11.6 Å². The van der Waals surface area contributed by atoms with Crippen LogP contribution in [0.1, 0.15) is 24.0 Å². The lowest BCUT2D eigenvalue weighted by molar-refractivity contribution is -0.137. The van der Waals surface area contributed by atoms with Gasteiger partial charge in [-0.1, -0.05) is 11.6 Å². The molecular weight excluding hydrogens is 241 g/mol. The maximum atomic E-state index is 12.5. The van der Waals surface area contributed by atoms with Gasteiger partial charge in [0.2, 0.25) is 0 Å². The molecule has 1 aliphatic carbocycles. The number of aliphatic hydroxyl groups excluding tert-OH is 1. The minimum Gasteiger partial charge on any atom is -0.395 e. The van der Waals surface area contributed by atoms with Crippen molar-refractivity contribution in [2.75, 3.05) is 6.61 Å². The summed E-state index contributed by atoms with van der Waals surface area (Å²) in [5.74, 6) is 0. The Labute approximate surface area is 95.8 Å². The quantitative estimate of drug-likeness (QED) is 0.853. The van der Waals surface area contributed by atoms with E-state index in [1.54, 1.807) is 0 Å². The normalized spacial score (nSPS) is 18.6. The molecule has 1 fully saturated rings. The molecule has 1 saturated carbocycles. The lowest BCUT2D eigenvalue weighted by atomic mass is 9.95. The smallest absolute Gasteiger partial charge is 0.395 e. The van der Waals surface area contributed by atoms with Gasteiger partial charge in [-0.3, -0.25) is 0 Å². The lowest BCUT2D eigenvalue weighted by Crippen LogP contribution is -2.14. The fraction of sp³-hybridized carbons (Fsp3) is 0.455. The van der Waals surface area contributed by atoms with E-state index in [0.29, 0.717) is 23.4 Å². The molecule has 2 rings (SSSR count). The van der Waals surface area contributed by atoms with E-state index < -0.39 is 17.2 Å². The summed E-state index contributed by atoms with van der Waals surface area (Å²) in [5.41, 5.74) is -0.851. The van der Waals surface area contributed by atoms with E-state index in [-0.39, 0.29) is 6.61 Å². The van der Waals surface area contributed by atoms with Crippen LogP contribution in [0, 0.1) is 0 Å². The molecule has 1 aromatic carbocycles. The Balaban J connectivity index is 2.46. The van der Waals surface area contributed by atoms with Crippen LogP contribution >= 0.6 is 11.6 Å². The number of hydrogen-bond donors (Lipinski definition) is 1. The Morgan fingerprint density at radius 1 is 1.31 bits per heavy atom. The second-order valence-electron chi connectivity index (χ2n) is 4.13. The molecule has 0 bridgehead atoms. The SMILES string of the molecule is OCC1(c2cc(C(F)(F)F)ccc2Cl)CC1. The highest BCUT2D eigenvalue weighted by atomic mass is 35.5. The van der Waals surface area contributed by atoms with Crippen LogP contribution in [0.4, 0.5) is 13.2 Å². The first-order valence-electron chi connectivity index (χ1n) is 4.87. The summed E-state index contributed by atoms with van der Waals surface area (Å²) in [5, 5.41) is 9.48. The minimum atomic E-state index is -4.37. The average molecular weight is 251 g/mol. The fourth-order valence-corrected chi connectivity index (χ4v) is 2.09. The van der Waals surface area contributed by atoms with Crippen LogP contribution < -0.4 is 0 Å². The summed E-state index contributed by atoms with van der Waals surface area (Å²) in [6.45, 7) is -0.159. The van der Waals surface area contributed by atoms with Gasteiger partial charge in [0.25, 0.3) is 0 Å². The maximum absolute atomic E-state index is 12.5. The zero-order valence-corrected chi connectivity index (χ0v) is 9.07. The summed E-state index contributed by atoms with van der Waals surface area (Å²) in [4.78, 5) is 0. The molecule has 0 unspecified atom stereocenters. The number of aliphatic hydroxyl groups is 1. The van der Waals surface area contributed by atoms with E-state index in [2.05, 4.69) is 0 Å². The molecule has 0 aromatic heterocycles. The van der Waals surface area contributed by atoms with Gasteiger partial charge in [0.15, 0.2) is 0 Å². The highest BCUT2D eigenvalue weighted by Crippen LogP contribution is 2.50. The summed E-state index contributed by atoms with van der Waals surface area (Å²) in [6.07, 6.45) is -3.00. The monoisotopic (exact) mass is 250 g/mol. The maximum Gasteiger partial charge on any atom is 0.416 e. The van der Waals surface area contributed by atoms with Crippen LogP contribution in [0.3, 0.4) is 0 Å². The van der Waals surface area contributed by atoms with Gasteiger partial charge in [0.05, 0.1) is 12.2 Å². The molecule has 1 aromatic rings. The van der Waals surface area contributed by atoms with Gasteiger partial charge >= 0.3 is 6.18 Å². The first-order valence-corrected chi connectivity index (χ1v) is 5.25. The Bertz CT molecular complexity index is 410. The third-order valence-electron chi connectivity index (χ3n) is 3.02. The summed E-state index contributed by atoms with van der Waals surface area (Å²) >= 11 is 5.87.